The van der Waals surface area contributed by atoms with E-state index in [0.717, 1.165) is 5.69 Å². The first-order chi connectivity index (χ1) is 7.84. The smallest absolute Gasteiger partial charge is 0.125 e. The van der Waals surface area contributed by atoms with Crippen molar-refractivity contribution in [3.05, 3.63) is 60.2 Å². The Bertz CT molecular complexity index is 483. The van der Waals surface area contributed by atoms with Gasteiger partial charge in [0.1, 0.15) is 5.82 Å². The second kappa shape index (κ2) is 5.02. The Kier molecular flexibility index (Phi) is 3.23. The average molecular weight is 215 g/mol. The number of pyridine rings is 1. The lowest BCUT2D eigenvalue weighted by Gasteiger charge is -1.98. The molecule has 1 aromatic heterocycles. The van der Waals surface area contributed by atoms with Gasteiger partial charge in [-0.3, -0.25) is 10.4 Å². The quantitative estimate of drug-likeness (QED) is 0.631. The molecule has 0 bridgehead atoms. The van der Waals surface area contributed by atoms with Gasteiger partial charge in [-0.05, 0) is 30.3 Å². The SMILES string of the molecule is Fc1cccc(N/N=C/c2ccccn2)c1. The van der Waals surface area contributed by atoms with Crippen molar-refractivity contribution in [1.82, 2.24) is 4.98 Å². The third kappa shape index (κ3) is 2.88. The van der Waals surface area contributed by atoms with Gasteiger partial charge < -0.3 is 0 Å². The zero-order valence-electron chi connectivity index (χ0n) is 8.47. The minimum Gasteiger partial charge on any atom is -0.278 e. The van der Waals surface area contributed by atoms with Crippen molar-refractivity contribution in [2.45, 2.75) is 0 Å². The van der Waals surface area contributed by atoms with E-state index in [0.29, 0.717) is 5.69 Å². The zero-order valence-corrected chi connectivity index (χ0v) is 8.47. The topological polar surface area (TPSA) is 37.3 Å². The van der Waals surface area contributed by atoms with Crippen molar-refractivity contribution in [2.24, 2.45) is 5.10 Å². The number of hydrogen-bond acceptors (Lipinski definition) is 3. The Balaban J connectivity index is 2.00. The minimum atomic E-state index is -0.293. The summed E-state index contributed by atoms with van der Waals surface area (Å²) in [5.74, 6) is -0.293. The molecule has 0 radical (unpaired) electrons. The van der Waals surface area contributed by atoms with E-state index in [1.165, 1.54) is 12.1 Å². The maximum atomic E-state index is 12.8. The molecule has 2 aromatic rings. The van der Waals surface area contributed by atoms with Gasteiger partial charge in [-0.15, -0.1) is 0 Å². The van der Waals surface area contributed by atoms with Crippen LogP contribution in [0.3, 0.4) is 0 Å². The summed E-state index contributed by atoms with van der Waals surface area (Å²) in [6, 6.07) is 11.6. The third-order valence-corrected chi connectivity index (χ3v) is 1.90. The predicted molar refractivity (Wildman–Crippen MR) is 61.9 cm³/mol. The van der Waals surface area contributed by atoms with Crippen molar-refractivity contribution < 1.29 is 4.39 Å². The van der Waals surface area contributed by atoms with Crippen molar-refractivity contribution in [2.75, 3.05) is 5.43 Å². The van der Waals surface area contributed by atoms with Crippen LogP contribution >= 0.6 is 0 Å². The number of anilines is 1. The molecule has 0 aliphatic rings. The lowest BCUT2D eigenvalue weighted by molar-refractivity contribution is 0.628. The molecular weight excluding hydrogens is 205 g/mol. The van der Waals surface area contributed by atoms with Gasteiger partial charge in [0, 0.05) is 6.20 Å². The van der Waals surface area contributed by atoms with Gasteiger partial charge in [-0.25, -0.2) is 4.39 Å². The van der Waals surface area contributed by atoms with E-state index in [1.807, 2.05) is 18.2 Å². The highest BCUT2D eigenvalue weighted by Crippen LogP contribution is 2.08. The summed E-state index contributed by atoms with van der Waals surface area (Å²) in [6.45, 7) is 0. The molecule has 0 spiro atoms. The number of halogens is 1. The highest BCUT2D eigenvalue weighted by molar-refractivity contribution is 5.77. The van der Waals surface area contributed by atoms with E-state index in [2.05, 4.69) is 15.5 Å². The number of benzene rings is 1. The Labute approximate surface area is 92.7 Å². The Morgan fingerprint density at radius 1 is 1.19 bits per heavy atom. The lowest BCUT2D eigenvalue weighted by atomic mass is 10.3. The van der Waals surface area contributed by atoms with Crippen LogP contribution in [0, 0.1) is 5.82 Å². The predicted octanol–water partition coefficient (Wildman–Crippen LogP) is 2.67. The van der Waals surface area contributed by atoms with Gasteiger partial charge >= 0.3 is 0 Å². The molecule has 0 fully saturated rings. The Hall–Kier alpha value is -2.23. The van der Waals surface area contributed by atoms with Crippen LogP contribution < -0.4 is 5.43 Å². The summed E-state index contributed by atoms with van der Waals surface area (Å²) in [6.07, 6.45) is 3.26. The second-order valence-corrected chi connectivity index (χ2v) is 3.13. The summed E-state index contributed by atoms with van der Waals surface area (Å²) in [7, 11) is 0. The van der Waals surface area contributed by atoms with Crippen LogP contribution in [0.5, 0.6) is 0 Å². The molecule has 0 saturated heterocycles. The molecule has 1 aromatic carbocycles. The highest BCUT2D eigenvalue weighted by Gasteiger charge is 1.91. The largest absolute Gasteiger partial charge is 0.278 e. The van der Waals surface area contributed by atoms with Crippen LogP contribution in [0.15, 0.2) is 53.8 Å². The number of aromatic nitrogens is 1. The first kappa shape index (κ1) is 10.3. The first-order valence-electron chi connectivity index (χ1n) is 4.80. The summed E-state index contributed by atoms with van der Waals surface area (Å²) >= 11 is 0. The fraction of sp³-hybridized carbons (Fsp3) is 0. The normalized spacial score (nSPS) is 10.6. The van der Waals surface area contributed by atoms with Gasteiger partial charge in [0.05, 0.1) is 17.6 Å². The van der Waals surface area contributed by atoms with Crippen LogP contribution in [0.1, 0.15) is 5.69 Å². The van der Waals surface area contributed by atoms with Crippen LogP contribution in [-0.2, 0) is 0 Å². The second-order valence-electron chi connectivity index (χ2n) is 3.13. The molecular formula is C12H10FN3. The van der Waals surface area contributed by atoms with Crippen molar-refractivity contribution in [3.63, 3.8) is 0 Å². The number of rotatable bonds is 3. The van der Waals surface area contributed by atoms with Crippen LogP contribution in [0.25, 0.3) is 0 Å². The molecule has 3 nitrogen and oxygen atoms in total. The Morgan fingerprint density at radius 2 is 2.12 bits per heavy atom. The molecule has 0 saturated carbocycles. The van der Waals surface area contributed by atoms with E-state index in [9.17, 15) is 4.39 Å². The fourth-order valence-corrected chi connectivity index (χ4v) is 1.18. The van der Waals surface area contributed by atoms with E-state index in [1.54, 1.807) is 24.5 Å². The molecule has 4 heteroatoms. The van der Waals surface area contributed by atoms with Gasteiger partial charge in [-0.1, -0.05) is 12.1 Å². The molecule has 0 amide bonds. The maximum absolute atomic E-state index is 12.8. The van der Waals surface area contributed by atoms with Gasteiger partial charge in [0.15, 0.2) is 0 Å². The molecule has 0 aliphatic heterocycles. The van der Waals surface area contributed by atoms with Crippen LogP contribution in [0.2, 0.25) is 0 Å². The van der Waals surface area contributed by atoms with E-state index < -0.39 is 0 Å². The number of nitrogens with zero attached hydrogens (tertiary/aromatic N) is 2. The molecule has 0 aliphatic carbocycles. The highest BCUT2D eigenvalue weighted by atomic mass is 19.1. The van der Waals surface area contributed by atoms with Crippen molar-refractivity contribution >= 4 is 11.9 Å². The van der Waals surface area contributed by atoms with Crippen molar-refractivity contribution in [1.29, 1.82) is 0 Å². The lowest BCUT2D eigenvalue weighted by Crippen LogP contribution is -1.92. The zero-order chi connectivity index (χ0) is 11.2. The molecule has 2 rings (SSSR count). The van der Waals surface area contributed by atoms with Gasteiger partial charge in [0.2, 0.25) is 0 Å². The van der Waals surface area contributed by atoms with Gasteiger partial charge in [0.25, 0.3) is 0 Å². The number of hydrazone groups is 1. The third-order valence-electron chi connectivity index (χ3n) is 1.90. The van der Waals surface area contributed by atoms with Crippen LogP contribution in [-0.4, -0.2) is 11.2 Å². The van der Waals surface area contributed by atoms with Crippen molar-refractivity contribution in [3.8, 4) is 0 Å². The fourth-order valence-electron chi connectivity index (χ4n) is 1.18. The summed E-state index contributed by atoms with van der Waals surface area (Å²) < 4.78 is 12.8. The number of hydrogen-bond donors (Lipinski definition) is 1. The molecule has 0 atom stereocenters. The minimum absolute atomic E-state index is 0.293. The van der Waals surface area contributed by atoms with E-state index in [-0.39, 0.29) is 5.82 Å². The van der Waals surface area contributed by atoms with E-state index in [4.69, 9.17) is 0 Å². The standard InChI is InChI=1S/C12H10FN3/c13-10-4-3-6-11(8-10)16-15-9-12-5-1-2-7-14-12/h1-9,16H/b15-9+. The number of nitrogens with one attached hydrogen (secondary N) is 1. The summed E-state index contributed by atoms with van der Waals surface area (Å²) in [5, 5.41) is 3.95. The summed E-state index contributed by atoms with van der Waals surface area (Å²) in [4.78, 5) is 4.06. The molecule has 80 valence electrons. The molecule has 16 heavy (non-hydrogen) atoms. The summed E-state index contributed by atoms with van der Waals surface area (Å²) in [5.41, 5.74) is 4.07. The Morgan fingerprint density at radius 3 is 2.88 bits per heavy atom. The molecule has 1 N–H and O–H groups in total. The monoisotopic (exact) mass is 215 g/mol. The maximum Gasteiger partial charge on any atom is 0.125 e. The average Bonchev–Trinajstić information content (AvgIpc) is 2.30. The molecule has 1 heterocycles. The van der Waals surface area contributed by atoms with E-state index >= 15 is 0 Å². The van der Waals surface area contributed by atoms with Crippen LogP contribution in [0.4, 0.5) is 10.1 Å². The molecule has 0 unspecified atom stereocenters. The van der Waals surface area contributed by atoms with Gasteiger partial charge in [-0.2, -0.15) is 5.10 Å². The first-order valence-corrected chi connectivity index (χ1v) is 4.80.